The Balaban J connectivity index is 1.32. The molecule has 262 valence electrons. The Labute approximate surface area is 285 Å². The number of unbranched alkanes of at least 4 members (excludes halogenated alkanes) is 5. The molecule has 14 heteroatoms. The second-order valence-electron chi connectivity index (χ2n) is 11.7. The normalized spacial score (nSPS) is 11.9. The lowest BCUT2D eigenvalue weighted by Gasteiger charge is -2.11. The van der Waals surface area contributed by atoms with Crippen LogP contribution >= 0.6 is 0 Å². The molecule has 0 aliphatic heterocycles. The number of hydrogen-bond donors (Lipinski definition) is 9. The second-order valence-corrected chi connectivity index (χ2v) is 11.7. The third kappa shape index (κ3) is 14.8. The summed E-state index contributed by atoms with van der Waals surface area (Å²) >= 11 is 0. The van der Waals surface area contributed by atoms with Gasteiger partial charge in [-0.25, -0.2) is 0 Å². The predicted octanol–water partition coefficient (Wildman–Crippen LogP) is 3.05. The van der Waals surface area contributed by atoms with Crippen LogP contribution in [0.2, 0.25) is 0 Å². The van der Waals surface area contributed by atoms with E-state index in [9.17, 15) is 0 Å². The van der Waals surface area contributed by atoms with Gasteiger partial charge in [0.25, 0.3) is 0 Å². The van der Waals surface area contributed by atoms with Gasteiger partial charge in [0.1, 0.15) is 17.5 Å². The first-order chi connectivity index (χ1) is 23.4. The number of nitrogen functional groups attached to an aromatic ring is 2. The van der Waals surface area contributed by atoms with Gasteiger partial charge in [-0.2, -0.15) is 15.0 Å². The molecule has 0 saturated heterocycles. The molecule has 0 spiro atoms. The molecule has 0 aliphatic rings. The monoisotopic (exact) mass is 660 g/mol. The van der Waals surface area contributed by atoms with Gasteiger partial charge in [-0.15, -0.1) is 0 Å². The lowest BCUT2D eigenvalue weighted by molar-refractivity contribution is 0.667. The number of nitrogens with two attached hydrogens (primary N) is 6. The summed E-state index contributed by atoms with van der Waals surface area (Å²) in [6.07, 6.45) is 9.42. The van der Waals surface area contributed by atoms with Crippen LogP contribution in [-0.2, 0) is 6.42 Å². The van der Waals surface area contributed by atoms with E-state index in [1.54, 1.807) is 0 Å². The maximum absolute atomic E-state index is 6.25. The minimum atomic E-state index is 0.230. The Bertz CT molecular complexity index is 1300. The zero-order chi connectivity index (χ0) is 34.4. The second kappa shape index (κ2) is 22.0. The van der Waals surface area contributed by atoms with Crippen molar-refractivity contribution in [3.63, 3.8) is 0 Å². The van der Waals surface area contributed by atoms with E-state index >= 15 is 0 Å². The number of rotatable bonds is 24. The van der Waals surface area contributed by atoms with Crippen LogP contribution in [0, 0.1) is 0 Å². The standard InChI is InChI=1S/C34H56N14/c35-15-3-1-2-10-30-46-33(40)48-34(47-30)45-21-9-8-20-44-32(39)26-13-11-25(12-14-26)31(38)43-19-7-6-18-42-29-23-27(37)22-28(24-29)41-17-5-4-16-36/h11-14,22-24,41-42H,1-10,15-21,35-37H2,(H2,38,43)(H2,39,44)(H3,40,45,46,47,48). The van der Waals surface area contributed by atoms with E-state index in [-0.39, 0.29) is 5.95 Å². The van der Waals surface area contributed by atoms with Gasteiger partial charge in [0.05, 0.1) is 0 Å². The van der Waals surface area contributed by atoms with Crippen molar-refractivity contribution in [3.05, 3.63) is 59.4 Å². The van der Waals surface area contributed by atoms with Crippen LogP contribution in [-0.4, -0.2) is 72.4 Å². The molecule has 1 aromatic heterocycles. The molecule has 0 radical (unpaired) electrons. The molecule has 0 bridgehead atoms. The van der Waals surface area contributed by atoms with Crippen molar-refractivity contribution in [2.24, 2.45) is 32.9 Å². The summed E-state index contributed by atoms with van der Waals surface area (Å²) in [7, 11) is 0. The van der Waals surface area contributed by atoms with Gasteiger partial charge in [-0.05, 0) is 82.7 Å². The number of aliphatic imine (C=N–C) groups is 2. The number of hydrogen-bond acceptors (Lipinski definition) is 12. The summed E-state index contributed by atoms with van der Waals surface area (Å²) in [5, 5.41) is 10.1. The molecule has 14 nitrogen and oxygen atoms in total. The van der Waals surface area contributed by atoms with Crippen molar-refractivity contribution in [2.75, 3.05) is 73.2 Å². The summed E-state index contributed by atoms with van der Waals surface area (Å²) < 4.78 is 0. The van der Waals surface area contributed by atoms with Gasteiger partial charge < -0.3 is 50.4 Å². The molecule has 15 N–H and O–H groups in total. The zero-order valence-corrected chi connectivity index (χ0v) is 28.3. The van der Waals surface area contributed by atoms with Crippen molar-refractivity contribution in [1.29, 1.82) is 0 Å². The highest BCUT2D eigenvalue weighted by molar-refractivity contribution is 6.00. The number of nitrogens with one attached hydrogen (secondary N) is 3. The van der Waals surface area contributed by atoms with E-state index in [4.69, 9.17) is 34.4 Å². The number of anilines is 5. The average Bonchev–Trinajstić information content (AvgIpc) is 3.07. The third-order valence-corrected chi connectivity index (χ3v) is 7.54. The number of aromatic nitrogens is 3. The van der Waals surface area contributed by atoms with Crippen LogP contribution in [0.1, 0.15) is 74.7 Å². The fraction of sp³-hybridized carbons (Fsp3) is 0.500. The molecule has 0 fully saturated rings. The van der Waals surface area contributed by atoms with Crippen LogP contribution < -0.4 is 50.4 Å². The van der Waals surface area contributed by atoms with E-state index < -0.39 is 0 Å². The molecule has 1 heterocycles. The predicted molar refractivity (Wildman–Crippen MR) is 202 cm³/mol. The molecule has 48 heavy (non-hydrogen) atoms. The van der Waals surface area contributed by atoms with E-state index in [2.05, 4.69) is 47.0 Å². The molecule has 3 rings (SSSR count). The highest BCUT2D eigenvalue weighted by Crippen LogP contribution is 2.21. The average molecular weight is 661 g/mol. The lowest BCUT2D eigenvalue weighted by atomic mass is 10.1. The fourth-order valence-electron chi connectivity index (χ4n) is 4.89. The van der Waals surface area contributed by atoms with E-state index in [1.165, 1.54) is 0 Å². The van der Waals surface area contributed by atoms with Crippen LogP contribution in [0.4, 0.5) is 29.0 Å². The maximum Gasteiger partial charge on any atom is 0.227 e. The van der Waals surface area contributed by atoms with Gasteiger partial charge in [0.2, 0.25) is 11.9 Å². The first-order valence-electron chi connectivity index (χ1n) is 17.1. The quantitative estimate of drug-likeness (QED) is 0.0291. The van der Waals surface area contributed by atoms with Crippen molar-refractivity contribution >= 4 is 40.6 Å². The first-order valence-corrected chi connectivity index (χ1v) is 17.1. The van der Waals surface area contributed by atoms with E-state index in [1.807, 2.05) is 36.4 Å². The topological polar surface area (TPSA) is 256 Å². The van der Waals surface area contributed by atoms with Crippen molar-refractivity contribution in [3.8, 4) is 0 Å². The highest BCUT2D eigenvalue weighted by atomic mass is 15.2. The lowest BCUT2D eigenvalue weighted by Crippen LogP contribution is -2.17. The van der Waals surface area contributed by atoms with Crippen molar-refractivity contribution in [1.82, 2.24) is 15.0 Å². The summed E-state index contributed by atoms with van der Waals surface area (Å²) in [6, 6.07) is 13.7. The highest BCUT2D eigenvalue weighted by Gasteiger charge is 2.06. The molecule has 0 aliphatic carbocycles. The maximum atomic E-state index is 6.25. The Hall–Kier alpha value is -4.69. The Morgan fingerprint density at radius 3 is 1.67 bits per heavy atom. The SMILES string of the molecule is NCCCCCc1nc(N)nc(NCCCCN=C(N)c2ccc(C(N)=NCCCCNc3cc(N)cc(NCCCCN)c3)cc2)n1. The third-order valence-electron chi connectivity index (χ3n) is 7.54. The van der Waals surface area contributed by atoms with Gasteiger partial charge >= 0.3 is 0 Å². The largest absolute Gasteiger partial charge is 0.399 e. The van der Waals surface area contributed by atoms with Gasteiger partial charge in [-0.3, -0.25) is 9.98 Å². The molecule has 2 aromatic carbocycles. The summed E-state index contributed by atoms with van der Waals surface area (Å²) in [5.74, 6) is 2.45. The van der Waals surface area contributed by atoms with Crippen molar-refractivity contribution < 1.29 is 0 Å². The Morgan fingerprint density at radius 2 is 1.10 bits per heavy atom. The molecular weight excluding hydrogens is 604 g/mol. The van der Waals surface area contributed by atoms with Gasteiger partial charge in [0, 0.05) is 67.3 Å². The Kier molecular flexibility index (Phi) is 17.3. The first kappa shape index (κ1) is 37.8. The van der Waals surface area contributed by atoms with Crippen LogP contribution in [0.5, 0.6) is 0 Å². The van der Waals surface area contributed by atoms with Crippen molar-refractivity contribution in [2.45, 2.75) is 64.2 Å². The van der Waals surface area contributed by atoms with E-state index in [0.29, 0.717) is 56.2 Å². The van der Waals surface area contributed by atoms with Gasteiger partial charge in [-0.1, -0.05) is 30.7 Å². The number of benzene rings is 2. The summed E-state index contributed by atoms with van der Waals surface area (Å²) in [4.78, 5) is 22.0. The smallest absolute Gasteiger partial charge is 0.227 e. The molecule has 0 amide bonds. The number of aryl methyl sites for hydroxylation is 1. The molecule has 0 unspecified atom stereocenters. The summed E-state index contributed by atoms with van der Waals surface area (Å²) in [5.41, 5.74) is 40.0. The Morgan fingerprint density at radius 1 is 0.583 bits per heavy atom. The molecule has 3 aromatic rings. The minimum Gasteiger partial charge on any atom is -0.399 e. The zero-order valence-electron chi connectivity index (χ0n) is 28.3. The summed E-state index contributed by atoms with van der Waals surface area (Å²) in [6.45, 7) is 5.07. The fourth-order valence-corrected chi connectivity index (χ4v) is 4.89. The van der Waals surface area contributed by atoms with E-state index in [0.717, 1.165) is 105 Å². The molecular formula is C34H56N14. The van der Waals surface area contributed by atoms with Crippen LogP contribution in [0.15, 0.2) is 52.4 Å². The van der Waals surface area contributed by atoms with Crippen LogP contribution in [0.25, 0.3) is 0 Å². The molecule has 0 saturated carbocycles. The van der Waals surface area contributed by atoms with Gasteiger partial charge in [0.15, 0.2) is 0 Å². The van der Waals surface area contributed by atoms with Crippen LogP contribution in [0.3, 0.4) is 0 Å². The molecule has 0 atom stereocenters. The number of amidine groups is 2. The minimum absolute atomic E-state index is 0.230. The number of nitrogens with zero attached hydrogens (tertiary/aromatic N) is 5.